The summed E-state index contributed by atoms with van der Waals surface area (Å²) in [5.74, 6) is -0.649. The number of benzene rings is 1. The van der Waals surface area contributed by atoms with Crippen LogP contribution in [0.3, 0.4) is 0 Å². The van der Waals surface area contributed by atoms with Crippen molar-refractivity contribution in [2.45, 2.75) is 43.0 Å². The number of anilines is 1. The van der Waals surface area contributed by atoms with E-state index in [2.05, 4.69) is 0 Å². The van der Waals surface area contributed by atoms with Gasteiger partial charge in [0.15, 0.2) is 0 Å². The number of rotatable bonds is 5. The van der Waals surface area contributed by atoms with Crippen LogP contribution in [0.2, 0.25) is 0 Å². The first-order valence-corrected chi connectivity index (χ1v) is 9.58. The molecule has 25 heavy (non-hydrogen) atoms. The van der Waals surface area contributed by atoms with Crippen LogP contribution in [-0.2, 0) is 14.4 Å². The smallest absolute Gasteiger partial charge is 0.303 e. The highest BCUT2D eigenvalue weighted by atomic mass is 32.2. The van der Waals surface area contributed by atoms with Crippen molar-refractivity contribution in [1.82, 2.24) is 4.90 Å². The molecule has 0 saturated carbocycles. The van der Waals surface area contributed by atoms with Crippen LogP contribution in [0.4, 0.5) is 5.69 Å². The number of carbonyl (C=O) groups is 3. The van der Waals surface area contributed by atoms with Crippen LogP contribution in [-0.4, -0.2) is 52.7 Å². The molecule has 0 aromatic heterocycles. The predicted octanol–water partition coefficient (Wildman–Crippen LogP) is 2.37. The molecule has 1 N–H and O–H groups in total. The van der Waals surface area contributed by atoms with E-state index in [0.717, 1.165) is 29.8 Å². The number of thioether (sulfide) groups is 1. The molecule has 1 aromatic carbocycles. The zero-order valence-corrected chi connectivity index (χ0v) is 14.8. The molecular weight excluding hydrogens is 340 g/mol. The van der Waals surface area contributed by atoms with Gasteiger partial charge in [0, 0.05) is 23.9 Å². The van der Waals surface area contributed by atoms with Gasteiger partial charge in [-0.1, -0.05) is 12.1 Å². The summed E-state index contributed by atoms with van der Waals surface area (Å²) in [5.41, 5.74) is 0.788. The second kappa shape index (κ2) is 7.91. The van der Waals surface area contributed by atoms with Crippen LogP contribution in [0, 0.1) is 0 Å². The van der Waals surface area contributed by atoms with E-state index >= 15 is 0 Å². The topological polar surface area (TPSA) is 77.9 Å². The molecule has 2 aliphatic rings. The molecule has 1 atom stereocenters. The van der Waals surface area contributed by atoms with Gasteiger partial charge in [-0.05, 0) is 37.8 Å². The highest BCUT2D eigenvalue weighted by Gasteiger charge is 2.31. The Morgan fingerprint density at radius 2 is 2.04 bits per heavy atom. The molecule has 0 aliphatic carbocycles. The van der Waals surface area contributed by atoms with Crippen molar-refractivity contribution in [3.63, 3.8) is 0 Å². The number of piperidine rings is 1. The Kier molecular flexibility index (Phi) is 5.63. The fraction of sp³-hybridized carbons (Fsp3) is 0.500. The SMILES string of the molecule is O=C(O)CCC1CCCCN1C(=O)CN1C(=O)CSc2ccccc21. The maximum atomic E-state index is 12.9. The third kappa shape index (κ3) is 4.15. The zero-order chi connectivity index (χ0) is 17.8. The summed E-state index contributed by atoms with van der Waals surface area (Å²) >= 11 is 1.49. The van der Waals surface area contributed by atoms with Gasteiger partial charge in [0.1, 0.15) is 6.54 Å². The maximum absolute atomic E-state index is 12.9. The summed E-state index contributed by atoms with van der Waals surface area (Å²) in [6.07, 6.45) is 3.31. The molecule has 0 radical (unpaired) electrons. The minimum atomic E-state index is -0.838. The maximum Gasteiger partial charge on any atom is 0.303 e. The monoisotopic (exact) mass is 362 g/mol. The van der Waals surface area contributed by atoms with Gasteiger partial charge in [0.05, 0.1) is 11.4 Å². The molecule has 3 rings (SSSR count). The van der Waals surface area contributed by atoms with Gasteiger partial charge in [0.2, 0.25) is 11.8 Å². The average molecular weight is 362 g/mol. The van der Waals surface area contributed by atoms with Gasteiger partial charge in [-0.2, -0.15) is 0 Å². The Morgan fingerprint density at radius 1 is 1.24 bits per heavy atom. The molecule has 2 aliphatic heterocycles. The zero-order valence-electron chi connectivity index (χ0n) is 14.0. The third-order valence-electron chi connectivity index (χ3n) is 4.74. The summed E-state index contributed by atoms with van der Waals surface area (Å²) in [5, 5.41) is 8.92. The van der Waals surface area contributed by atoms with Crippen molar-refractivity contribution in [1.29, 1.82) is 0 Å². The number of amides is 2. The first-order valence-electron chi connectivity index (χ1n) is 8.59. The number of carboxylic acid groups (broad SMARTS) is 1. The number of para-hydroxylation sites is 1. The lowest BCUT2D eigenvalue weighted by molar-refractivity contribution is -0.139. The van der Waals surface area contributed by atoms with Crippen LogP contribution < -0.4 is 4.90 Å². The molecular formula is C18H22N2O4S. The number of carboxylic acids is 1. The van der Waals surface area contributed by atoms with E-state index in [9.17, 15) is 14.4 Å². The van der Waals surface area contributed by atoms with Crippen LogP contribution in [0.5, 0.6) is 0 Å². The predicted molar refractivity (Wildman–Crippen MR) is 95.7 cm³/mol. The highest BCUT2D eigenvalue weighted by molar-refractivity contribution is 8.00. The number of likely N-dealkylation sites (tertiary alicyclic amines) is 1. The Balaban J connectivity index is 1.72. The Labute approximate surface area is 151 Å². The van der Waals surface area contributed by atoms with E-state index in [0.29, 0.717) is 18.7 Å². The fourth-order valence-electron chi connectivity index (χ4n) is 3.47. The van der Waals surface area contributed by atoms with E-state index in [4.69, 9.17) is 5.11 Å². The summed E-state index contributed by atoms with van der Waals surface area (Å²) in [6, 6.07) is 7.58. The van der Waals surface area contributed by atoms with Gasteiger partial charge in [-0.25, -0.2) is 0 Å². The second-order valence-electron chi connectivity index (χ2n) is 6.41. The molecule has 1 fully saturated rings. The third-order valence-corrected chi connectivity index (χ3v) is 5.79. The molecule has 134 valence electrons. The number of carbonyl (C=O) groups excluding carboxylic acids is 2. The standard InChI is InChI=1S/C18H22N2O4S/c21-16(19-10-4-3-5-13(19)8-9-18(23)24)11-20-14-6-1-2-7-15(14)25-12-17(20)22/h1-2,6-7,13H,3-5,8-12H2,(H,23,24). The quantitative estimate of drug-likeness (QED) is 0.870. The normalized spacial score (nSPS) is 20.3. The fourth-order valence-corrected chi connectivity index (χ4v) is 4.41. The molecule has 0 spiro atoms. The molecule has 2 amide bonds. The average Bonchev–Trinajstić information content (AvgIpc) is 2.62. The lowest BCUT2D eigenvalue weighted by atomic mass is 9.97. The van der Waals surface area contributed by atoms with E-state index in [-0.39, 0.29) is 30.8 Å². The Hall–Kier alpha value is -2.02. The van der Waals surface area contributed by atoms with Crippen molar-refractivity contribution in [3.05, 3.63) is 24.3 Å². The number of nitrogens with zero attached hydrogens (tertiary/aromatic N) is 2. The lowest BCUT2D eigenvalue weighted by Crippen LogP contribution is -2.50. The van der Waals surface area contributed by atoms with Gasteiger partial charge in [-0.15, -0.1) is 11.8 Å². The first-order chi connectivity index (χ1) is 12.1. The largest absolute Gasteiger partial charge is 0.481 e. The molecule has 1 unspecified atom stereocenters. The minimum absolute atomic E-state index is 0.0278. The van der Waals surface area contributed by atoms with Crippen molar-refractivity contribution < 1.29 is 19.5 Å². The second-order valence-corrected chi connectivity index (χ2v) is 7.42. The number of aliphatic carboxylic acids is 1. The molecule has 1 saturated heterocycles. The van der Waals surface area contributed by atoms with Crippen LogP contribution >= 0.6 is 11.8 Å². The summed E-state index contributed by atoms with van der Waals surface area (Å²) < 4.78 is 0. The molecule has 0 bridgehead atoms. The Bertz CT molecular complexity index is 679. The van der Waals surface area contributed by atoms with Crippen LogP contribution in [0.25, 0.3) is 0 Å². The van der Waals surface area contributed by atoms with Gasteiger partial charge in [-0.3, -0.25) is 14.4 Å². The number of fused-ring (bicyclic) bond motifs is 1. The molecule has 1 aromatic rings. The Morgan fingerprint density at radius 3 is 2.84 bits per heavy atom. The van der Waals surface area contributed by atoms with E-state index in [1.54, 1.807) is 9.80 Å². The number of hydrogen-bond acceptors (Lipinski definition) is 4. The minimum Gasteiger partial charge on any atom is -0.481 e. The van der Waals surface area contributed by atoms with Crippen LogP contribution in [0.1, 0.15) is 32.1 Å². The van der Waals surface area contributed by atoms with Crippen molar-refractivity contribution in [3.8, 4) is 0 Å². The molecule has 6 nitrogen and oxygen atoms in total. The van der Waals surface area contributed by atoms with Crippen molar-refractivity contribution >= 4 is 35.2 Å². The van der Waals surface area contributed by atoms with Gasteiger partial charge in [0.25, 0.3) is 0 Å². The molecule has 7 heteroatoms. The molecule has 2 heterocycles. The summed E-state index contributed by atoms with van der Waals surface area (Å²) in [7, 11) is 0. The van der Waals surface area contributed by atoms with E-state index in [1.165, 1.54) is 11.8 Å². The van der Waals surface area contributed by atoms with Crippen molar-refractivity contribution in [2.24, 2.45) is 0 Å². The van der Waals surface area contributed by atoms with Crippen LogP contribution in [0.15, 0.2) is 29.2 Å². The summed E-state index contributed by atoms with van der Waals surface area (Å²) in [4.78, 5) is 40.4. The van der Waals surface area contributed by atoms with Gasteiger partial charge >= 0.3 is 5.97 Å². The summed E-state index contributed by atoms with van der Waals surface area (Å²) in [6.45, 7) is 0.668. The first kappa shape index (κ1) is 17.8. The van der Waals surface area contributed by atoms with E-state index in [1.807, 2.05) is 24.3 Å². The lowest BCUT2D eigenvalue weighted by Gasteiger charge is -2.37. The van der Waals surface area contributed by atoms with Gasteiger partial charge < -0.3 is 14.9 Å². The van der Waals surface area contributed by atoms with E-state index < -0.39 is 5.97 Å². The number of hydrogen-bond donors (Lipinski definition) is 1. The van der Waals surface area contributed by atoms with Crippen molar-refractivity contribution in [2.75, 3.05) is 23.7 Å². The highest BCUT2D eigenvalue weighted by Crippen LogP contribution is 2.35.